The molecular formula is C18H31NS. The van der Waals surface area contributed by atoms with Crippen LogP contribution in [-0.2, 0) is 6.42 Å². The molecule has 1 aromatic carbocycles. The molecule has 0 heterocycles. The number of nitrogens with two attached hydrogens (primary N) is 1. The average molecular weight is 294 g/mol. The van der Waals surface area contributed by atoms with E-state index < -0.39 is 0 Å². The molecule has 0 amide bonds. The van der Waals surface area contributed by atoms with Crippen LogP contribution >= 0.6 is 12.6 Å². The molecule has 0 atom stereocenters. The maximum atomic E-state index is 5.77. The number of rotatable bonds is 11. The van der Waals surface area contributed by atoms with Gasteiger partial charge in [0.25, 0.3) is 0 Å². The number of hydrogen-bond donors (Lipinski definition) is 2. The van der Waals surface area contributed by atoms with E-state index in [1.54, 1.807) is 0 Å². The maximum absolute atomic E-state index is 5.77. The number of nitrogen functional groups attached to an aromatic ring is 1. The van der Waals surface area contributed by atoms with Crippen molar-refractivity contribution < 1.29 is 0 Å². The molecule has 0 aliphatic heterocycles. The fraction of sp³-hybridized carbons (Fsp3) is 0.667. The van der Waals surface area contributed by atoms with Crippen LogP contribution in [0, 0.1) is 0 Å². The summed E-state index contributed by atoms with van der Waals surface area (Å²) in [4.78, 5) is 0.912. The van der Waals surface area contributed by atoms with E-state index in [0.717, 1.165) is 17.0 Å². The lowest BCUT2D eigenvalue weighted by Crippen LogP contribution is -1.91. The number of aryl methyl sites for hydroxylation is 1. The summed E-state index contributed by atoms with van der Waals surface area (Å²) in [5.74, 6) is 0. The normalized spacial score (nSPS) is 10.9. The number of unbranched alkanes of at least 4 members (excludes halogenated alkanes) is 9. The van der Waals surface area contributed by atoms with Crippen molar-refractivity contribution in [2.24, 2.45) is 0 Å². The van der Waals surface area contributed by atoms with Crippen LogP contribution in [0.3, 0.4) is 0 Å². The minimum Gasteiger partial charge on any atom is -0.398 e. The Morgan fingerprint density at radius 2 is 1.40 bits per heavy atom. The summed E-state index contributed by atoms with van der Waals surface area (Å²) < 4.78 is 0. The van der Waals surface area contributed by atoms with Gasteiger partial charge in [-0.15, -0.1) is 12.6 Å². The van der Waals surface area contributed by atoms with Gasteiger partial charge in [0.1, 0.15) is 0 Å². The number of thiol groups is 1. The highest BCUT2D eigenvalue weighted by atomic mass is 32.1. The zero-order valence-electron chi connectivity index (χ0n) is 13.0. The van der Waals surface area contributed by atoms with Gasteiger partial charge in [-0.25, -0.2) is 0 Å². The first kappa shape index (κ1) is 17.4. The van der Waals surface area contributed by atoms with Crippen molar-refractivity contribution in [3.63, 3.8) is 0 Å². The fourth-order valence-electron chi connectivity index (χ4n) is 2.56. The molecule has 0 radical (unpaired) electrons. The molecule has 0 aliphatic rings. The largest absolute Gasteiger partial charge is 0.398 e. The predicted octanol–water partition coefficient (Wildman–Crippen LogP) is 6.02. The lowest BCUT2D eigenvalue weighted by Gasteiger charge is -2.05. The second kappa shape index (κ2) is 11.1. The molecule has 0 unspecified atom stereocenters. The summed E-state index contributed by atoms with van der Waals surface area (Å²) in [6.45, 7) is 2.28. The summed E-state index contributed by atoms with van der Waals surface area (Å²) in [5.41, 5.74) is 7.91. The quantitative estimate of drug-likeness (QED) is 0.291. The molecule has 0 spiro atoms. The third-order valence-electron chi connectivity index (χ3n) is 3.91. The van der Waals surface area contributed by atoms with Crippen LogP contribution in [0.5, 0.6) is 0 Å². The van der Waals surface area contributed by atoms with Gasteiger partial charge in [-0.3, -0.25) is 0 Å². The van der Waals surface area contributed by atoms with E-state index >= 15 is 0 Å². The Morgan fingerprint density at radius 1 is 0.850 bits per heavy atom. The van der Waals surface area contributed by atoms with Gasteiger partial charge in [-0.2, -0.15) is 0 Å². The molecule has 20 heavy (non-hydrogen) atoms. The molecule has 0 saturated heterocycles. The van der Waals surface area contributed by atoms with Crippen LogP contribution in [0.2, 0.25) is 0 Å². The van der Waals surface area contributed by atoms with Crippen LogP contribution in [-0.4, -0.2) is 0 Å². The monoisotopic (exact) mass is 293 g/mol. The molecule has 0 bridgehead atoms. The van der Waals surface area contributed by atoms with Crippen molar-refractivity contribution >= 4 is 18.3 Å². The Hall–Kier alpha value is -0.630. The molecule has 1 aromatic rings. The van der Waals surface area contributed by atoms with Crippen molar-refractivity contribution in [1.29, 1.82) is 0 Å². The number of benzene rings is 1. The van der Waals surface area contributed by atoms with E-state index in [9.17, 15) is 0 Å². The molecule has 0 aliphatic carbocycles. The van der Waals surface area contributed by atoms with Gasteiger partial charge in [0.2, 0.25) is 0 Å². The zero-order valence-corrected chi connectivity index (χ0v) is 13.9. The fourth-order valence-corrected chi connectivity index (χ4v) is 2.80. The first-order chi connectivity index (χ1) is 9.74. The smallest absolute Gasteiger partial charge is 0.0449 e. The Kier molecular flexibility index (Phi) is 9.65. The van der Waals surface area contributed by atoms with Crippen molar-refractivity contribution in [1.82, 2.24) is 0 Å². The molecule has 1 rings (SSSR count). The minimum absolute atomic E-state index is 0.778. The highest BCUT2D eigenvalue weighted by molar-refractivity contribution is 7.80. The standard InChI is InChI=1S/C18H31NS/c1-2-3-4-5-6-7-8-9-10-11-12-16-13-14-17(19)18(20)15-16/h13-15,20H,2-12,19H2,1H3. The van der Waals surface area contributed by atoms with E-state index in [2.05, 4.69) is 31.7 Å². The summed E-state index contributed by atoms with van der Waals surface area (Å²) in [5, 5.41) is 0. The van der Waals surface area contributed by atoms with Gasteiger partial charge in [0.05, 0.1) is 0 Å². The van der Waals surface area contributed by atoms with Gasteiger partial charge in [0, 0.05) is 10.6 Å². The number of anilines is 1. The molecule has 114 valence electrons. The van der Waals surface area contributed by atoms with E-state index in [0.29, 0.717) is 0 Å². The molecule has 2 N–H and O–H groups in total. The minimum atomic E-state index is 0.778. The van der Waals surface area contributed by atoms with E-state index in [-0.39, 0.29) is 0 Å². The molecule has 1 nitrogen and oxygen atoms in total. The van der Waals surface area contributed by atoms with Gasteiger partial charge in [-0.1, -0.05) is 70.8 Å². The first-order valence-electron chi connectivity index (χ1n) is 8.31. The highest BCUT2D eigenvalue weighted by Gasteiger charge is 1.98. The Bertz CT molecular complexity index is 362. The SMILES string of the molecule is CCCCCCCCCCCCc1ccc(N)c(S)c1. The van der Waals surface area contributed by atoms with Crippen LogP contribution < -0.4 is 5.73 Å². The molecule has 2 heteroatoms. The Balaban J connectivity index is 1.95. The second-order valence-corrected chi connectivity index (χ2v) is 6.31. The van der Waals surface area contributed by atoms with E-state index in [1.165, 1.54) is 69.8 Å². The van der Waals surface area contributed by atoms with Gasteiger partial charge < -0.3 is 5.73 Å². The number of hydrogen-bond acceptors (Lipinski definition) is 2. The summed E-state index contributed by atoms with van der Waals surface area (Å²) >= 11 is 4.37. The second-order valence-electron chi connectivity index (χ2n) is 5.83. The van der Waals surface area contributed by atoms with Crippen LogP contribution in [0.15, 0.2) is 23.1 Å². The highest BCUT2D eigenvalue weighted by Crippen LogP contribution is 2.19. The predicted molar refractivity (Wildman–Crippen MR) is 93.7 cm³/mol. The maximum Gasteiger partial charge on any atom is 0.0449 e. The van der Waals surface area contributed by atoms with E-state index in [4.69, 9.17) is 5.73 Å². The third kappa shape index (κ3) is 7.84. The van der Waals surface area contributed by atoms with Crippen molar-refractivity contribution in [3.05, 3.63) is 23.8 Å². The van der Waals surface area contributed by atoms with Gasteiger partial charge >= 0.3 is 0 Å². The van der Waals surface area contributed by atoms with Crippen LogP contribution in [0.4, 0.5) is 5.69 Å². The lowest BCUT2D eigenvalue weighted by molar-refractivity contribution is 0.556. The molecule has 0 saturated carbocycles. The third-order valence-corrected chi connectivity index (χ3v) is 4.30. The lowest BCUT2D eigenvalue weighted by atomic mass is 10.0. The van der Waals surface area contributed by atoms with E-state index in [1.807, 2.05) is 6.07 Å². The Labute approximate surface area is 130 Å². The first-order valence-corrected chi connectivity index (χ1v) is 8.76. The summed E-state index contributed by atoms with van der Waals surface area (Å²) in [7, 11) is 0. The summed E-state index contributed by atoms with van der Waals surface area (Å²) in [6, 6.07) is 6.20. The molecule has 0 fully saturated rings. The Morgan fingerprint density at radius 3 is 1.95 bits per heavy atom. The molecule has 0 aromatic heterocycles. The van der Waals surface area contributed by atoms with Gasteiger partial charge in [0.15, 0.2) is 0 Å². The van der Waals surface area contributed by atoms with Crippen molar-refractivity contribution in [2.75, 3.05) is 5.73 Å². The molecular weight excluding hydrogens is 262 g/mol. The van der Waals surface area contributed by atoms with Crippen molar-refractivity contribution in [2.45, 2.75) is 82.4 Å². The van der Waals surface area contributed by atoms with Crippen LogP contribution in [0.1, 0.15) is 76.7 Å². The average Bonchev–Trinajstić information content (AvgIpc) is 2.45. The van der Waals surface area contributed by atoms with Crippen molar-refractivity contribution in [3.8, 4) is 0 Å². The topological polar surface area (TPSA) is 26.0 Å². The van der Waals surface area contributed by atoms with Crippen LogP contribution in [0.25, 0.3) is 0 Å². The van der Waals surface area contributed by atoms with Gasteiger partial charge in [-0.05, 0) is 30.5 Å². The zero-order chi connectivity index (χ0) is 14.6. The summed E-state index contributed by atoms with van der Waals surface area (Å²) in [6.07, 6.45) is 15.1.